The smallest absolute Gasteiger partial charge is 0.255 e. The van der Waals surface area contributed by atoms with E-state index in [9.17, 15) is 14.3 Å². The molecule has 2 heterocycles. The van der Waals surface area contributed by atoms with Crippen molar-refractivity contribution in [2.75, 3.05) is 13.7 Å². The molecule has 1 aliphatic heterocycles. The average molecular weight is 387 g/mol. The van der Waals surface area contributed by atoms with E-state index in [2.05, 4.69) is 9.88 Å². The summed E-state index contributed by atoms with van der Waals surface area (Å²) >= 11 is 0. The largest absolute Gasteiger partial charge is 0.502 e. The van der Waals surface area contributed by atoms with Crippen LogP contribution in [0.15, 0.2) is 16.9 Å². The summed E-state index contributed by atoms with van der Waals surface area (Å²) in [6.07, 6.45) is 6.57. The van der Waals surface area contributed by atoms with E-state index in [0.29, 0.717) is 36.6 Å². The van der Waals surface area contributed by atoms with Crippen LogP contribution in [-0.2, 0) is 19.5 Å². The van der Waals surface area contributed by atoms with Crippen LogP contribution >= 0.6 is 0 Å². The molecule has 0 spiro atoms. The first-order valence-corrected chi connectivity index (χ1v) is 9.95. The van der Waals surface area contributed by atoms with Crippen LogP contribution in [0.2, 0.25) is 0 Å². The maximum Gasteiger partial charge on any atom is 0.255 e. The average Bonchev–Trinajstić information content (AvgIpc) is 2.71. The van der Waals surface area contributed by atoms with Crippen LogP contribution in [0, 0.1) is 5.82 Å². The molecule has 7 heteroatoms. The molecule has 1 aromatic carbocycles. The lowest BCUT2D eigenvalue weighted by Crippen LogP contribution is -2.36. The van der Waals surface area contributed by atoms with Crippen molar-refractivity contribution in [1.29, 1.82) is 0 Å². The number of phenols is 1. The van der Waals surface area contributed by atoms with Crippen LogP contribution in [0.5, 0.6) is 11.5 Å². The first-order valence-electron chi connectivity index (χ1n) is 9.95. The highest BCUT2D eigenvalue weighted by Crippen LogP contribution is 2.32. The van der Waals surface area contributed by atoms with Crippen molar-refractivity contribution in [2.24, 2.45) is 0 Å². The van der Waals surface area contributed by atoms with Crippen LogP contribution in [0.1, 0.15) is 60.7 Å². The Morgan fingerprint density at radius 3 is 2.86 bits per heavy atom. The molecule has 0 radical (unpaired) electrons. The number of nitrogens with one attached hydrogen (secondary N) is 1. The Labute approximate surface area is 163 Å². The summed E-state index contributed by atoms with van der Waals surface area (Å²) in [7, 11) is 1.39. The van der Waals surface area contributed by atoms with Crippen LogP contribution in [-0.4, -0.2) is 33.6 Å². The predicted octanol–water partition coefficient (Wildman–Crippen LogP) is 3.23. The third-order valence-corrected chi connectivity index (χ3v) is 5.87. The number of aromatic nitrogens is 2. The zero-order valence-electron chi connectivity index (χ0n) is 16.1. The number of halogens is 1. The Kier molecular flexibility index (Phi) is 5.35. The van der Waals surface area contributed by atoms with E-state index in [1.165, 1.54) is 32.4 Å². The van der Waals surface area contributed by atoms with Crippen LogP contribution < -0.4 is 10.3 Å². The summed E-state index contributed by atoms with van der Waals surface area (Å²) in [5, 5.41) is 9.66. The fourth-order valence-electron chi connectivity index (χ4n) is 4.34. The molecule has 0 atom stereocenters. The van der Waals surface area contributed by atoms with Gasteiger partial charge in [-0.3, -0.25) is 9.69 Å². The molecule has 0 bridgehead atoms. The molecule has 1 aromatic heterocycles. The van der Waals surface area contributed by atoms with Crippen molar-refractivity contribution in [3.05, 3.63) is 50.9 Å². The van der Waals surface area contributed by atoms with Gasteiger partial charge in [-0.2, -0.15) is 0 Å². The van der Waals surface area contributed by atoms with Gasteiger partial charge in [-0.15, -0.1) is 0 Å². The van der Waals surface area contributed by atoms with E-state index in [-0.39, 0.29) is 11.3 Å². The molecule has 28 heavy (non-hydrogen) atoms. The Bertz CT molecular complexity index is 922. The number of rotatable bonds is 4. The Hall–Kier alpha value is -2.41. The van der Waals surface area contributed by atoms with Gasteiger partial charge in [-0.05, 0) is 30.5 Å². The Balaban J connectivity index is 1.52. The molecule has 0 saturated heterocycles. The van der Waals surface area contributed by atoms with Crippen molar-refractivity contribution >= 4 is 0 Å². The lowest BCUT2D eigenvalue weighted by Gasteiger charge is -2.29. The van der Waals surface area contributed by atoms with E-state index in [1.54, 1.807) is 6.07 Å². The maximum absolute atomic E-state index is 13.9. The highest BCUT2D eigenvalue weighted by atomic mass is 19.1. The molecular weight excluding hydrogens is 361 g/mol. The number of aromatic amines is 1. The maximum atomic E-state index is 13.9. The topological polar surface area (TPSA) is 78.5 Å². The first-order chi connectivity index (χ1) is 13.5. The molecule has 0 amide bonds. The zero-order valence-corrected chi connectivity index (χ0v) is 16.1. The molecule has 0 unspecified atom stereocenters. The molecule has 2 aromatic rings. The standard InChI is InChI=1S/C21H26FN3O3/c1-28-18-10-13(9-16(22)19(18)26)11-25-8-7-17-15(12-25)21(27)24-20(23-17)14-5-3-2-4-6-14/h9-10,14,26H,2-8,11-12H2,1H3,(H,23,24,27). The summed E-state index contributed by atoms with van der Waals surface area (Å²) in [6.45, 7) is 1.70. The van der Waals surface area contributed by atoms with Crippen molar-refractivity contribution < 1.29 is 14.2 Å². The third-order valence-electron chi connectivity index (χ3n) is 5.87. The van der Waals surface area contributed by atoms with Gasteiger partial charge in [0.05, 0.1) is 18.4 Å². The SMILES string of the molecule is COc1cc(CN2CCc3nc(C4CCCCC4)[nH]c(=O)c3C2)cc(F)c1O. The van der Waals surface area contributed by atoms with Gasteiger partial charge in [0.2, 0.25) is 0 Å². The quantitative estimate of drug-likeness (QED) is 0.842. The molecule has 6 nitrogen and oxygen atoms in total. The number of nitrogens with zero attached hydrogens (tertiary/aromatic N) is 2. The monoisotopic (exact) mass is 387 g/mol. The lowest BCUT2D eigenvalue weighted by molar-refractivity contribution is 0.240. The highest BCUT2D eigenvalue weighted by molar-refractivity contribution is 5.43. The fourth-order valence-corrected chi connectivity index (χ4v) is 4.34. The Morgan fingerprint density at radius 2 is 2.11 bits per heavy atom. The summed E-state index contributed by atoms with van der Waals surface area (Å²) in [5.41, 5.74) is 2.25. The second kappa shape index (κ2) is 7.91. The number of fused-ring (bicyclic) bond motifs is 1. The van der Waals surface area contributed by atoms with Gasteiger partial charge in [0.1, 0.15) is 5.82 Å². The molecule has 2 aliphatic rings. The van der Waals surface area contributed by atoms with E-state index in [4.69, 9.17) is 9.72 Å². The van der Waals surface area contributed by atoms with Crippen molar-refractivity contribution in [3.63, 3.8) is 0 Å². The molecule has 1 aliphatic carbocycles. The summed E-state index contributed by atoms with van der Waals surface area (Å²) in [6, 6.07) is 2.94. The van der Waals surface area contributed by atoms with Crippen LogP contribution in [0.3, 0.4) is 0 Å². The lowest BCUT2D eigenvalue weighted by atomic mass is 9.88. The number of H-pyrrole nitrogens is 1. The predicted molar refractivity (Wildman–Crippen MR) is 103 cm³/mol. The Morgan fingerprint density at radius 1 is 1.32 bits per heavy atom. The minimum atomic E-state index is -0.705. The summed E-state index contributed by atoms with van der Waals surface area (Å²) in [4.78, 5) is 22.6. The third kappa shape index (κ3) is 3.76. The number of phenolic OH excluding ortho intramolecular Hbond substituents is 1. The second-order valence-corrected chi connectivity index (χ2v) is 7.80. The molecule has 1 fully saturated rings. The van der Waals surface area contributed by atoms with Gasteiger partial charge in [-0.1, -0.05) is 19.3 Å². The second-order valence-electron chi connectivity index (χ2n) is 7.80. The number of hydrogen-bond donors (Lipinski definition) is 2. The van der Waals surface area contributed by atoms with Gasteiger partial charge in [0.15, 0.2) is 17.3 Å². The molecule has 150 valence electrons. The van der Waals surface area contributed by atoms with Crippen molar-refractivity contribution in [2.45, 2.75) is 57.5 Å². The van der Waals surface area contributed by atoms with Crippen LogP contribution in [0.4, 0.5) is 4.39 Å². The van der Waals surface area contributed by atoms with Gasteiger partial charge < -0.3 is 14.8 Å². The van der Waals surface area contributed by atoms with Crippen molar-refractivity contribution in [3.8, 4) is 11.5 Å². The highest BCUT2D eigenvalue weighted by Gasteiger charge is 2.25. The number of ether oxygens (including phenoxy) is 1. The summed E-state index contributed by atoms with van der Waals surface area (Å²) in [5.74, 6) is 0.151. The number of hydrogen-bond acceptors (Lipinski definition) is 5. The zero-order chi connectivity index (χ0) is 19.7. The van der Waals surface area contributed by atoms with Gasteiger partial charge >= 0.3 is 0 Å². The van der Waals surface area contributed by atoms with E-state index in [0.717, 1.165) is 30.9 Å². The minimum Gasteiger partial charge on any atom is -0.502 e. The van der Waals surface area contributed by atoms with E-state index in [1.807, 2.05) is 0 Å². The summed E-state index contributed by atoms with van der Waals surface area (Å²) < 4.78 is 18.9. The van der Waals surface area contributed by atoms with Gasteiger partial charge in [-0.25, -0.2) is 9.37 Å². The number of benzene rings is 1. The van der Waals surface area contributed by atoms with Gasteiger partial charge in [0.25, 0.3) is 5.56 Å². The van der Waals surface area contributed by atoms with Crippen LogP contribution in [0.25, 0.3) is 0 Å². The molecule has 4 rings (SSSR count). The van der Waals surface area contributed by atoms with E-state index < -0.39 is 11.6 Å². The normalized spacial score (nSPS) is 18.1. The van der Waals surface area contributed by atoms with E-state index >= 15 is 0 Å². The molecule has 2 N–H and O–H groups in total. The number of methoxy groups -OCH3 is 1. The first kappa shape index (κ1) is 18.9. The van der Waals surface area contributed by atoms with Crippen molar-refractivity contribution in [1.82, 2.24) is 14.9 Å². The fraction of sp³-hybridized carbons (Fsp3) is 0.524. The number of aromatic hydroxyl groups is 1. The molecular formula is C21H26FN3O3. The minimum absolute atomic E-state index is 0.0512. The molecule has 1 saturated carbocycles. The van der Waals surface area contributed by atoms with Gasteiger partial charge in [0, 0.05) is 32.0 Å².